The number of carbonyl (C=O) groups excluding carboxylic acids is 1. The maximum Gasteiger partial charge on any atom is 0.315 e. The summed E-state index contributed by atoms with van der Waals surface area (Å²) in [5, 5.41) is 20.8. The summed E-state index contributed by atoms with van der Waals surface area (Å²) in [6, 6.07) is 0. The second kappa shape index (κ2) is 7.22. The summed E-state index contributed by atoms with van der Waals surface area (Å²) in [5.74, 6) is -2.65. The van der Waals surface area contributed by atoms with Crippen LogP contribution in [0.15, 0.2) is 0 Å². The minimum absolute atomic E-state index is 0.114. The second-order valence-electron chi connectivity index (χ2n) is 3.95. The molecule has 3 N–H and O–H groups in total. The summed E-state index contributed by atoms with van der Waals surface area (Å²) in [5.41, 5.74) is 0. The van der Waals surface area contributed by atoms with Crippen LogP contribution in [-0.4, -0.2) is 34.7 Å². The lowest BCUT2D eigenvalue weighted by molar-refractivity contribution is -0.146. The highest BCUT2D eigenvalue weighted by Gasteiger charge is 2.22. The Balaban J connectivity index is 4.05. The van der Waals surface area contributed by atoms with Crippen LogP contribution < -0.4 is 5.32 Å². The zero-order chi connectivity index (χ0) is 12.7. The van der Waals surface area contributed by atoms with Gasteiger partial charge in [-0.3, -0.25) is 9.59 Å². The van der Waals surface area contributed by atoms with Crippen molar-refractivity contribution in [2.75, 3.05) is 6.54 Å². The summed E-state index contributed by atoms with van der Waals surface area (Å²) >= 11 is 0. The van der Waals surface area contributed by atoms with Crippen molar-refractivity contribution in [2.45, 2.75) is 39.7 Å². The van der Waals surface area contributed by atoms with Crippen LogP contribution in [0.2, 0.25) is 0 Å². The maximum atomic E-state index is 11.3. The lowest BCUT2D eigenvalue weighted by atomic mass is 9.96. The molecule has 0 aliphatic carbocycles. The molecule has 0 spiro atoms. The number of nitrogens with one attached hydrogen (secondary N) is 1. The van der Waals surface area contributed by atoms with E-state index in [4.69, 9.17) is 5.11 Å². The predicted molar refractivity (Wildman–Crippen MR) is 59.9 cm³/mol. The minimum Gasteiger partial charge on any atom is -0.481 e. The van der Waals surface area contributed by atoms with Gasteiger partial charge in [0, 0.05) is 6.54 Å². The molecule has 16 heavy (non-hydrogen) atoms. The summed E-state index contributed by atoms with van der Waals surface area (Å²) in [7, 11) is 0. The van der Waals surface area contributed by atoms with Gasteiger partial charge in [-0.05, 0) is 12.8 Å². The van der Waals surface area contributed by atoms with Crippen molar-refractivity contribution in [2.24, 2.45) is 11.8 Å². The van der Waals surface area contributed by atoms with E-state index in [-0.39, 0.29) is 12.5 Å². The van der Waals surface area contributed by atoms with Crippen LogP contribution in [0.25, 0.3) is 0 Å². The average Bonchev–Trinajstić information content (AvgIpc) is 2.26. The molecule has 0 aliphatic rings. The first kappa shape index (κ1) is 14.9. The van der Waals surface area contributed by atoms with E-state index in [1.165, 1.54) is 6.92 Å². The number of aliphatic hydroxyl groups is 1. The molecule has 0 bridgehead atoms. The Hall–Kier alpha value is -1.10. The van der Waals surface area contributed by atoms with Gasteiger partial charge in [0.05, 0.1) is 6.10 Å². The van der Waals surface area contributed by atoms with E-state index in [1.54, 1.807) is 0 Å². The number of hydrogen-bond donors (Lipinski definition) is 3. The second-order valence-corrected chi connectivity index (χ2v) is 3.95. The molecule has 0 aromatic rings. The first-order valence-electron chi connectivity index (χ1n) is 5.62. The van der Waals surface area contributed by atoms with Gasteiger partial charge < -0.3 is 15.5 Å². The van der Waals surface area contributed by atoms with Gasteiger partial charge in [-0.1, -0.05) is 26.7 Å². The van der Waals surface area contributed by atoms with Gasteiger partial charge in [0.15, 0.2) is 0 Å². The van der Waals surface area contributed by atoms with Gasteiger partial charge in [-0.25, -0.2) is 0 Å². The molecule has 0 fully saturated rings. The van der Waals surface area contributed by atoms with Crippen molar-refractivity contribution < 1.29 is 19.8 Å². The van der Waals surface area contributed by atoms with Crippen LogP contribution in [0.1, 0.15) is 33.6 Å². The largest absolute Gasteiger partial charge is 0.481 e. The number of carbonyl (C=O) groups is 2. The Kier molecular flexibility index (Phi) is 6.72. The van der Waals surface area contributed by atoms with Crippen LogP contribution in [0.4, 0.5) is 0 Å². The highest BCUT2D eigenvalue weighted by Crippen LogP contribution is 2.12. The molecule has 1 amide bonds. The molecule has 2 unspecified atom stereocenters. The SMILES string of the molecule is CCC(CC)C(O)CNC(=O)C(C)C(=O)O. The van der Waals surface area contributed by atoms with E-state index in [0.717, 1.165) is 12.8 Å². The number of aliphatic carboxylic acids is 1. The number of hydrogen-bond acceptors (Lipinski definition) is 3. The van der Waals surface area contributed by atoms with Gasteiger partial charge in [-0.15, -0.1) is 0 Å². The van der Waals surface area contributed by atoms with Crippen LogP contribution in [0.3, 0.4) is 0 Å². The van der Waals surface area contributed by atoms with E-state index in [2.05, 4.69) is 5.32 Å². The predicted octanol–water partition coefficient (Wildman–Crippen LogP) is 0.620. The van der Waals surface area contributed by atoms with Crippen molar-refractivity contribution in [3.8, 4) is 0 Å². The molecule has 2 atom stereocenters. The monoisotopic (exact) mass is 231 g/mol. The maximum absolute atomic E-state index is 11.3. The van der Waals surface area contributed by atoms with E-state index in [1.807, 2.05) is 13.8 Å². The molecule has 0 heterocycles. The van der Waals surface area contributed by atoms with Crippen LogP contribution in [0, 0.1) is 11.8 Å². The zero-order valence-electron chi connectivity index (χ0n) is 10.1. The standard InChI is InChI=1S/C11H21NO4/c1-4-8(5-2)9(13)6-12-10(14)7(3)11(15)16/h7-9,13H,4-6H2,1-3H3,(H,12,14)(H,15,16). The lowest BCUT2D eigenvalue weighted by Gasteiger charge is -2.20. The highest BCUT2D eigenvalue weighted by molar-refractivity contribution is 5.96. The highest BCUT2D eigenvalue weighted by atomic mass is 16.4. The summed E-state index contributed by atoms with van der Waals surface area (Å²) in [4.78, 5) is 21.8. The van der Waals surface area contributed by atoms with Gasteiger partial charge in [-0.2, -0.15) is 0 Å². The summed E-state index contributed by atoms with van der Waals surface area (Å²) in [6.07, 6.45) is 1.06. The van der Waals surface area contributed by atoms with Gasteiger partial charge in [0.1, 0.15) is 5.92 Å². The normalized spacial score (nSPS) is 14.6. The molecule has 0 radical (unpaired) electrons. The molecule has 0 aliphatic heterocycles. The van der Waals surface area contributed by atoms with E-state index in [0.29, 0.717) is 0 Å². The Labute approximate surface area is 95.9 Å². The van der Waals surface area contributed by atoms with Crippen LogP contribution in [0.5, 0.6) is 0 Å². The van der Waals surface area contributed by atoms with Crippen molar-refractivity contribution in [1.29, 1.82) is 0 Å². The van der Waals surface area contributed by atoms with Crippen LogP contribution >= 0.6 is 0 Å². The van der Waals surface area contributed by atoms with Crippen molar-refractivity contribution in [3.05, 3.63) is 0 Å². The van der Waals surface area contributed by atoms with Crippen LogP contribution in [-0.2, 0) is 9.59 Å². The molecule has 0 rings (SSSR count). The summed E-state index contributed by atoms with van der Waals surface area (Å²) in [6.45, 7) is 5.38. The fraction of sp³-hybridized carbons (Fsp3) is 0.818. The first-order chi connectivity index (χ1) is 7.43. The number of amides is 1. The number of rotatable bonds is 7. The topological polar surface area (TPSA) is 86.6 Å². The molecule has 0 saturated carbocycles. The molecular weight excluding hydrogens is 210 g/mol. The Morgan fingerprint density at radius 1 is 1.25 bits per heavy atom. The Morgan fingerprint density at radius 2 is 1.75 bits per heavy atom. The van der Waals surface area contributed by atoms with Gasteiger partial charge >= 0.3 is 5.97 Å². The summed E-state index contributed by atoms with van der Waals surface area (Å²) < 4.78 is 0. The van der Waals surface area contributed by atoms with Crippen molar-refractivity contribution >= 4 is 11.9 Å². The smallest absolute Gasteiger partial charge is 0.315 e. The molecule has 0 aromatic carbocycles. The quantitative estimate of drug-likeness (QED) is 0.561. The number of carboxylic acids is 1. The Morgan fingerprint density at radius 3 is 2.12 bits per heavy atom. The molecule has 5 heteroatoms. The van der Waals surface area contributed by atoms with Crippen molar-refractivity contribution in [3.63, 3.8) is 0 Å². The average molecular weight is 231 g/mol. The molecule has 5 nitrogen and oxygen atoms in total. The fourth-order valence-electron chi connectivity index (χ4n) is 1.47. The van der Waals surface area contributed by atoms with Gasteiger partial charge in [0.2, 0.25) is 5.91 Å². The number of aliphatic hydroxyl groups excluding tert-OH is 1. The zero-order valence-corrected chi connectivity index (χ0v) is 10.1. The fourth-order valence-corrected chi connectivity index (χ4v) is 1.47. The van der Waals surface area contributed by atoms with E-state index >= 15 is 0 Å². The molecule has 0 aromatic heterocycles. The Bertz CT molecular complexity index is 238. The molecular formula is C11H21NO4. The third-order valence-electron chi connectivity index (χ3n) is 2.84. The third-order valence-corrected chi connectivity index (χ3v) is 2.84. The van der Waals surface area contributed by atoms with E-state index < -0.39 is 23.9 Å². The van der Waals surface area contributed by atoms with Gasteiger partial charge in [0.25, 0.3) is 0 Å². The van der Waals surface area contributed by atoms with Crippen molar-refractivity contribution in [1.82, 2.24) is 5.32 Å². The number of carboxylic acid groups (broad SMARTS) is 1. The minimum atomic E-state index is -1.16. The molecule has 94 valence electrons. The van der Waals surface area contributed by atoms with E-state index in [9.17, 15) is 14.7 Å². The third kappa shape index (κ3) is 4.61. The molecule has 0 saturated heterocycles. The first-order valence-corrected chi connectivity index (χ1v) is 5.62. The lowest BCUT2D eigenvalue weighted by Crippen LogP contribution is -2.40.